The van der Waals surface area contributed by atoms with E-state index in [9.17, 15) is 9.59 Å². The highest BCUT2D eigenvalue weighted by molar-refractivity contribution is 6.33. The minimum absolute atomic E-state index is 0.239. The molecule has 0 aliphatic carbocycles. The van der Waals surface area contributed by atoms with Crippen molar-refractivity contribution in [1.82, 2.24) is 0 Å². The first-order chi connectivity index (χ1) is 7.65. The quantitative estimate of drug-likeness (QED) is 0.565. The Morgan fingerprint density at radius 1 is 1.25 bits per heavy atom. The summed E-state index contributed by atoms with van der Waals surface area (Å²) in [6.45, 7) is 2.04. The maximum atomic E-state index is 11.2. The lowest BCUT2D eigenvalue weighted by molar-refractivity contribution is -0.151. The fourth-order valence-corrected chi connectivity index (χ4v) is 1.51. The molecule has 0 aromatic heterocycles. The Morgan fingerprint density at radius 3 is 2.44 bits per heavy atom. The molecule has 0 radical (unpaired) electrons. The van der Waals surface area contributed by atoms with E-state index in [1.807, 2.05) is 37.3 Å². The van der Waals surface area contributed by atoms with Crippen LogP contribution in [-0.4, -0.2) is 18.9 Å². The lowest BCUT2D eigenvalue weighted by Crippen LogP contribution is -2.15. The van der Waals surface area contributed by atoms with E-state index in [4.69, 9.17) is 0 Å². The Balaban J connectivity index is 2.45. The van der Waals surface area contributed by atoms with Gasteiger partial charge in [0.2, 0.25) is 5.78 Å². The first-order valence-electron chi connectivity index (χ1n) is 5.31. The van der Waals surface area contributed by atoms with Crippen molar-refractivity contribution in [3.8, 4) is 0 Å². The van der Waals surface area contributed by atoms with E-state index in [-0.39, 0.29) is 12.3 Å². The van der Waals surface area contributed by atoms with E-state index in [0.29, 0.717) is 6.42 Å². The van der Waals surface area contributed by atoms with Gasteiger partial charge in [-0.1, -0.05) is 37.3 Å². The van der Waals surface area contributed by atoms with Gasteiger partial charge >= 0.3 is 5.97 Å². The van der Waals surface area contributed by atoms with Gasteiger partial charge in [-0.3, -0.25) is 4.79 Å². The van der Waals surface area contributed by atoms with Gasteiger partial charge in [-0.2, -0.15) is 0 Å². The highest BCUT2D eigenvalue weighted by atomic mass is 16.5. The van der Waals surface area contributed by atoms with Crippen molar-refractivity contribution < 1.29 is 14.3 Å². The Hall–Kier alpha value is -1.64. The molecule has 0 aliphatic rings. The van der Waals surface area contributed by atoms with Crippen LogP contribution >= 0.6 is 0 Å². The summed E-state index contributed by atoms with van der Waals surface area (Å²) in [5.41, 5.74) is 1.18. The number of ether oxygens (including phenoxy) is 1. The SMILES string of the molecule is COC(=O)C(=O)CCC(C)c1ccccc1. The molecular formula is C13H16O3. The van der Waals surface area contributed by atoms with Crippen molar-refractivity contribution in [2.45, 2.75) is 25.7 Å². The van der Waals surface area contributed by atoms with E-state index in [1.165, 1.54) is 12.7 Å². The number of hydrogen-bond donors (Lipinski definition) is 0. The van der Waals surface area contributed by atoms with Crippen LogP contribution in [0, 0.1) is 0 Å². The Kier molecular flexibility index (Phi) is 4.70. The molecule has 1 rings (SSSR count). The van der Waals surface area contributed by atoms with Gasteiger partial charge < -0.3 is 4.74 Å². The van der Waals surface area contributed by atoms with Crippen LogP contribution in [0.1, 0.15) is 31.2 Å². The number of carbonyl (C=O) groups excluding carboxylic acids is 2. The summed E-state index contributed by atoms with van der Waals surface area (Å²) in [7, 11) is 1.22. The van der Waals surface area contributed by atoms with E-state index in [2.05, 4.69) is 4.74 Å². The second-order valence-corrected chi connectivity index (χ2v) is 3.77. The summed E-state index contributed by atoms with van der Waals surface area (Å²) in [5, 5.41) is 0. The van der Waals surface area contributed by atoms with Gasteiger partial charge in [-0.05, 0) is 17.9 Å². The topological polar surface area (TPSA) is 43.4 Å². The number of carbonyl (C=O) groups is 2. The molecule has 3 nitrogen and oxygen atoms in total. The van der Waals surface area contributed by atoms with Crippen LogP contribution < -0.4 is 0 Å². The molecule has 86 valence electrons. The first kappa shape index (κ1) is 12.4. The van der Waals surface area contributed by atoms with Gasteiger partial charge in [0, 0.05) is 6.42 Å². The fourth-order valence-electron chi connectivity index (χ4n) is 1.51. The third-order valence-corrected chi connectivity index (χ3v) is 2.59. The van der Waals surface area contributed by atoms with Crippen molar-refractivity contribution >= 4 is 11.8 Å². The largest absolute Gasteiger partial charge is 0.463 e. The molecule has 0 heterocycles. The predicted octanol–water partition coefficient (Wildman–Crippen LogP) is 2.31. The van der Waals surface area contributed by atoms with Crippen LogP contribution in [0.2, 0.25) is 0 Å². The number of hydrogen-bond acceptors (Lipinski definition) is 3. The van der Waals surface area contributed by atoms with Gasteiger partial charge in [-0.15, -0.1) is 0 Å². The van der Waals surface area contributed by atoms with E-state index < -0.39 is 11.8 Å². The molecule has 1 aromatic carbocycles. The van der Waals surface area contributed by atoms with Crippen LogP contribution in [0.3, 0.4) is 0 Å². The molecule has 1 unspecified atom stereocenters. The maximum Gasteiger partial charge on any atom is 0.374 e. The van der Waals surface area contributed by atoms with E-state index in [0.717, 1.165) is 0 Å². The Morgan fingerprint density at radius 2 is 1.88 bits per heavy atom. The average molecular weight is 220 g/mol. The monoisotopic (exact) mass is 220 g/mol. The molecule has 0 bridgehead atoms. The summed E-state index contributed by atoms with van der Waals surface area (Å²) in [6, 6.07) is 9.93. The summed E-state index contributed by atoms with van der Waals surface area (Å²) >= 11 is 0. The van der Waals surface area contributed by atoms with Crippen molar-refractivity contribution in [2.75, 3.05) is 7.11 Å². The van der Waals surface area contributed by atoms with Crippen molar-refractivity contribution in [3.05, 3.63) is 35.9 Å². The second kappa shape index (κ2) is 6.05. The third kappa shape index (κ3) is 3.50. The van der Waals surface area contributed by atoms with Crippen LogP contribution in [0.15, 0.2) is 30.3 Å². The molecular weight excluding hydrogens is 204 g/mol. The van der Waals surface area contributed by atoms with Gasteiger partial charge in [0.05, 0.1) is 7.11 Å². The minimum atomic E-state index is -0.750. The van der Waals surface area contributed by atoms with Crippen LogP contribution in [-0.2, 0) is 14.3 Å². The van der Waals surface area contributed by atoms with Crippen LogP contribution in [0.4, 0.5) is 0 Å². The number of Topliss-reactive ketones (excluding diaryl/α,β-unsaturated/α-hetero) is 1. The zero-order chi connectivity index (χ0) is 12.0. The zero-order valence-corrected chi connectivity index (χ0v) is 9.60. The summed E-state index contributed by atoms with van der Waals surface area (Å²) < 4.78 is 4.36. The molecule has 0 fully saturated rings. The van der Waals surface area contributed by atoms with Gasteiger partial charge in [0.25, 0.3) is 0 Å². The normalized spacial score (nSPS) is 11.9. The van der Waals surface area contributed by atoms with Gasteiger partial charge in [-0.25, -0.2) is 4.79 Å². The molecule has 0 saturated carbocycles. The molecule has 3 heteroatoms. The lowest BCUT2D eigenvalue weighted by atomic mass is 9.95. The molecule has 0 saturated heterocycles. The summed E-state index contributed by atoms with van der Waals surface area (Å²) in [4.78, 5) is 22.1. The average Bonchev–Trinajstić information content (AvgIpc) is 2.35. The minimum Gasteiger partial charge on any atom is -0.463 e. The Bertz CT molecular complexity index is 357. The standard InChI is InChI=1S/C13H16O3/c1-10(11-6-4-3-5-7-11)8-9-12(14)13(15)16-2/h3-7,10H,8-9H2,1-2H3. The molecule has 1 atom stereocenters. The predicted molar refractivity (Wildman–Crippen MR) is 61.1 cm³/mol. The molecule has 16 heavy (non-hydrogen) atoms. The van der Waals surface area contributed by atoms with Gasteiger partial charge in [0.15, 0.2) is 0 Å². The highest BCUT2D eigenvalue weighted by Gasteiger charge is 2.15. The Labute approximate surface area is 95.4 Å². The molecule has 0 aliphatic heterocycles. The van der Waals surface area contributed by atoms with Crippen LogP contribution in [0.5, 0.6) is 0 Å². The van der Waals surface area contributed by atoms with Crippen molar-refractivity contribution in [1.29, 1.82) is 0 Å². The van der Waals surface area contributed by atoms with E-state index in [1.54, 1.807) is 0 Å². The van der Waals surface area contributed by atoms with Crippen molar-refractivity contribution in [2.24, 2.45) is 0 Å². The second-order valence-electron chi connectivity index (χ2n) is 3.77. The number of benzene rings is 1. The first-order valence-corrected chi connectivity index (χ1v) is 5.31. The van der Waals surface area contributed by atoms with E-state index >= 15 is 0 Å². The summed E-state index contributed by atoms with van der Waals surface area (Å²) in [6.07, 6.45) is 0.903. The number of ketones is 1. The number of methoxy groups -OCH3 is 1. The molecule has 0 N–H and O–H groups in total. The van der Waals surface area contributed by atoms with Crippen LogP contribution in [0.25, 0.3) is 0 Å². The fraction of sp³-hybridized carbons (Fsp3) is 0.385. The third-order valence-electron chi connectivity index (χ3n) is 2.59. The number of esters is 1. The molecule has 1 aromatic rings. The van der Waals surface area contributed by atoms with Gasteiger partial charge in [0.1, 0.15) is 0 Å². The summed E-state index contributed by atoms with van der Waals surface area (Å²) in [5.74, 6) is -0.930. The lowest BCUT2D eigenvalue weighted by Gasteiger charge is -2.10. The number of rotatable bonds is 5. The zero-order valence-electron chi connectivity index (χ0n) is 9.60. The highest BCUT2D eigenvalue weighted by Crippen LogP contribution is 2.20. The maximum absolute atomic E-state index is 11.2. The molecule has 0 spiro atoms. The molecule has 0 amide bonds. The van der Waals surface area contributed by atoms with Crippen molar-refractivity contribution in [3.63, 3.8) is 0 Å². The smallest absolute Gasteiger partial charge is 0.374 e.